The van der Waals surface area contributed by atoms with Crippen molar-refractivity contribution in [1.82, 2.24) is 0 Å². The minimum absolute atomic E-state index is 0.157. The first-order valence-corrected chi connectivity index (χ1v) is 7.54. The number of hydrogen-bond donors (Lipinski definition) is 2. The molecule has 5 nitrogen and oxygen atoms in total. The van der Waals surface area contributed by atoms with Gasteiger partial charge in [-0.05, 0) is 36.4 Å². The molecule has 0 bridgehead atoms. The molecular weight excluding hydrogens is 316 g/mol. The van der Waals surface area contributed by atoms with E-state index in [-0.39, 0.29) is 11.1 Å². The van der Waals surface area contributed by atoms with Crippen LogP contribution in [-0.4, -0.2) is 11.8 Å². The Morgan fingerprint density at radius 2 is 0.880 bits per heavy atom. The Bertz CT molecular complexity index is 763. The van der Waals surface area contributed by atoms with Crippen molar-refractivity contribution >= 4 is 11.8 Å². The highest BCUT2D eigenvalue weighted by molar-refractivity contribution is 6.06. The third-order valence-corrected chi connectivity index (χ3v) is 3.18. The zero-order valence-corrected chi connectivity index (χ0v) is 13.5. The van der Waals surface area contributed by atoms with Crippen LogP contribution in [-0.2, 0) is 0 Å². The fourth-order valence-electron chi connectivity index (χ4n) is 2.03. The molecular formula is C20H18N2O3. The molecule has 0 heterocycles. The zero-order chi connectivity index (χ0) is 18.1. The van der Waals surface area contributed by atoms with E-state index in [2.05, 4.69) is 0 Å². The van der Waals surface area contributed by atoms with Crippen molar-refractivity contribution < 1.29 is 14.3 Å². The van der Waals surface area contributed by atoms with Crippen LogP contribution in [0.5, 0.6) is 11.5 Å². The van der Waals surface area contributed by atoms with Crippen LogP contribution in [0.3, 0.4) is 0 Å². The van der Waals surface area contributed by atoms with Crippen LogP contribution in [0.4, 0.5) is 0 Å². The summed E-state index contributed by atoms with van der Waals surface area (Å²) in [6, 6.07) is 25.7. The molecule has 3 aromatic rings. The molecule has 0 atom stereocenters. The summed E-state index contributed by atoms with van der Waals surface area (Å²) in [5, 5.41) is 0. The molecule has 0 saturated heterocycles. The number of carbonyl (C=O) groups is 2. The van der Waals surface area contributed by atoms with E-state index in [1.54, 1.807) is 12.1 Å². The van der Waals surface area contributed by atoms with Gasteiger partial charge in [0.1, 0.15) is 11.5 Å². The topological polar surface area (TPSA) is 95.4 Å². The first-order valence-electron chi connectivity index (χ1n) is 7.54. The van der Waals surface area contributed by atoms with E-state index in [0.717, 1.165) is 11.5 Å². The Morgan fingerprint density at radius 3 is 1.20 bits per heavy atom. The van der Waals surface area contributed by atoms with Gasteiger partial charge in [0.05, 0.1) is 11.1 Å². The van der Waals surface area contributed by atoms with Gasteiger partial charge in [0.2, 0.25) is 11.8 Å². The van der Waals surface area contributed by atoms with E-state index in [0.29, 0.717) is 0 Å². The lowest BCUT2D eigenvalue weighted by Gasteiger charge is -2.03. The summed E-state index contributed by atoms with van der Waals surface area (Å²) >= 11 is 0. The van der Waals surface area contributed by atoms with Gasteiger partial charge in [-0.25, -0.2) is 0 Å². The van der Waals surface area contributed by atoms with E-state index >= 15 is 0 Å². The van der Waals surface area contributed by atoms with E-state index < -0.39 is 11.8 Å². The zero-order valence-electron chi connectivity index (χ0n) is 13.5. The normalized spacial score (nSPS) is 9.44. The van der Waals surface area contributed by atoms with Crippen molar-refractivity contribution in [1.29, 1.82) is 0 Å². The lowest BCUT2D eigenvalue weighted by atomic mass is 10.1. The monoisotopic (exact) mass is 334 g/mol. The lowest BCUT2D eigenvalue weighted by Crippen LogP contribution is -2.20. The molecule has 0 radical (unpaired) electrons. The van der Waals surface area contributed by atoms with Crippen LogP contribution >= 0.6 is 0 Å². The second-order valence-corrected chi connectivity index (χ2v) is 5.00. The fourth-order valence-corrected chi connectivity index (χ4v) is 2.03. The highest BCUT2D eigenvalue weighted by Crippen LogP contribution is 2.19. The maximum absolute atomic E-state index is 10.7. The third-order valence-electron chi connectivity index (χ3n) is 3.18. The molecule has 0 fully saturated rings. The molecule has 0 unspecified atom stereocenters. The number of para-hydroxylation sites is 2. The van der Waals surface area contributed by atoms with Crippen molar-refractivity contribution in [3.05, 3.63) is 96.1 Å². The lowest BCUT2D eigenvalue weighted by molar-refractivity contribution is 0.0967. The number of ether oxygens (including phenoxy) is 1. The first kappa shape index (κ1) is 17.7. The smallest absolute Gasteiger partial charge is 0.249 e. The molecule has 0 aromatic heterocycles. The van der Waals surface area contributed by atoms with Crippen molar-refractivity contribution in [2.24, 2.45) is 11.5 Å². The van der Waals surface area contributed by atoms with Crippen LogP contribution < -0.4 is 16.2 Å². The molecule has 3 aromatic carbocycles. The average Bonchev–Trinajstić information content (AvgIpc) is 2.64. The first-order chi connectivity index (χ1) is 12.1. The molecule has 126 valence electrons. The Morgan fingerprint density at radius 1 is 0.560 bits per heavy atom. The molecule has 2 amide bonds. The Labute approximate surface area is 145 Å². The molecule has 0 aliphatic carbocycles. The Hall–Kier alpha value is -3.60. The van der Waals surface area contributed by atoms with Gasteiger partial charge >= 0.3 is 0 Å². The molecule has 0 saturated carbocycles. The van der Waals surface area contributed by atoms with Crippen molar-refractivity contribution in [2.75, 3.05) is 0 Å². The average molecular weight is 334 g/mol. The summed E-state index contributed by atoms with van der Waals surface area (Å²) < 4.78 is 5.58. The van der Waals surface area contributed by atoms with Crippen molar-refractivity contribution in [3.63, 3.8) is 0 Å². The van der Waals surface area contributed by atoms with E-state index in [9.17, 15) is 9.59 Å². The van der Waals surface area contributed by atoms with Gasteiger partial charge in [0.15, 0.2) is 0 Å². The summed E-state index contributed by atoms with van der Waals surface area (Å²) in [4.78, 5) is 21.5. The standard InChI is InChI=1S/C12H10O.C8H8N2O2/c1-3-7-11(8-4-1)13-12-9-5-2-6-10-12;9-7(11)5-3-1-2-4-6(5)8(10)12/h1-10H;1-4H,(H2,9,11)(H2,10,12). The largest absolute Gasteiger partial charge is 0.457 e. The number of nitrogens with two attached hydrogens (primary N) is 2. The van der Waals surface area contributed by atoms with E-state index in [1.807, 2.05) is 60.7 Å². The second-order valence-electron chi connectivity index (χ2n) is 5.00. The van der Waals surface area contributed by atoms with Crippen LogP contribution in [0.25, 0.3) is 0 Å². The van der Waals surface area contributed by atoms with Gasteiger partial charge in [0.25, 0.3) is 0 Å². The number of benzene rings is 3. The summed E-state index contributed by atoms with van der Waals surface area (Å²) in [6.07, 6.45) is 0. The molecule has 5 heteroatoms. The predicted octanol–water partition coefficient (Wildman–Crippen LogP) is 3.36. The summed E-state index contributed by atoms with van der Waals surface area (Å²) in [5.41, 5.74) is 10.3. The SMILES string of the molecule is NC(=O)c1ccccc1C(N)=O.c1ccc(Oc2ccccc2)cc1. The second kappa shape index (κ2) is 8.88. The van der Waals surface area contributed by atoms with Crippen molar-refractivity contribution in [2.45, 2.75) is 0 Å². The number of rotatable bonds is 4. The summed E-state index contributed by atoms with van der Waals surface area (Å²) in [5.74, 6) is 0.441. The van der Waals surface area contributed by atoms with Gasteiger partial charge < -0.3 is 16.2 Å². The molecule has 0 aliphatic rings. The van der Waals surface area contributed by atoms with Gasteiger partial charge in [-0.1, -0.05) is 48.5 Å². The van der Waals surface area contributed by atoms with Gasteiger partial charge in [-0.3, -0.25) is 9.59 Å². The third kappa shape index (κ3) is 5.51. The number of carbonyl (C=O) groups excluding carboxylic acids is 2. The molecule has 3 rings (SSSR count). The minimum atomic E-state index is -0.649. The molecule has 4 N–H and O–H groups in total. The highest BCUT2D eigenvalue weighted by atomic mass is 16.5. The van der Waals surface area contributed by atoms with Crippen LogP contribution in [0.15, 0.2) is 84.9 Å². The summed E-state index contributed by atoms with van der Waals surface area (Å²) in [7, 11) is 0. The number of hydrogen-bond acceptors (Lipinski definition) is 3. The quantitative estimate of drug-likeness (QED) is 0.765. The number of amides is 2. The Kier molecular flexibility index (Phi) is 6.31. The maximum atomic E-state index is 10.7. The molecule has 0 spiro atoms. The fraction of sp³-hybridized carbons (Fsp3) is 0. The van der Waals surface area contributed by atoms with Gasteiger partial charge in [0, 0.05) is 0 Å². The Balaban J connectivity index is 0.000000181. The van der Waals surface area contributed by atoms with Crippen LogP contribution in [0.2, 0.25) is 0 Å². The summed E-state index contributed by atoms with van der Waals surface area (Å²) in [6.45, 7) is 0. The highest BCUT2D eigenvalue weighted by Gasteiger charge is 2.10. The van der Waals surface area contributed by atoms with Crippen molar-refractivity contribution in [3.8, 4) is 11.5 Å². The predicted molar refractivity (Wildman–Crippen MR) is 96.4 cm³/mol. The maximum Gasteiger partial charge on any atom is 0.249 e. The van der Waals surface area contributed by atoms with E-state index in [4.69, 9.17) is 16.2 Å². The van der Waals surface area contributed by atoms with Crippen LogP contribution in [0, 0.1) is 0 Å². The van der Waals surface area contributed by atoms with Gasteiger partial charge in [-0.2, -0.15) is 0 Å². The van der Waals surface area contributed by atoms with E-state index in [1.165, 1.54) is 12.1 Å². The molecule has 25 heavy (non-hydrogen) atoms. The van der Waals surface area contributed by atoms with Gasteiger partial charge in [-0.15, -0.1) is 0 Å². The minimum Gasteiger partial charge on any atom is -0.457 e. The molecule has 0 aliphatic heterocycles. The number of primary amides is 2. The van der Waals surface area contributed by atoms with Crippen LogP contribution in [0.1, 0.15) is 20.7 Å².